The number of hydrogen-bond acceptors (Lipinski definition) is 2. The van der Waals surface area contributed by atoms with Gasteiger partial charge in [0, 0.05) is 0 Å². The highest BCUT2D eigenvalue weighted by atomic mass is 16.1. The fraction of sp³-hybridized carbons (Fsp3) is 0.636. The number of ketones is 2. The predicted molar refractivity (Wildman–Crippen MR) is 58.6 cm³/mol. The van der Waals surface area contributed by atoms with Crippen molar-refractivity contribution in [2.75, 3.05) is 0 Å². The third-order valence-electron chi connectivity index (χ3n) is 0.748. The van der Waals surface area contributed by atoms with E-state index >= 15 is 0 Å². The molecular weight excluding hydrogens is 164 g/mol. The van der Waals surface area contributed by atoms with Crippen LogP contribution in [0.3, 0.4) is 0 Å². The zero-order valence-corrected chi connectivity index (χ0v) is 7.52. The van der Waals surface area contributed by atoms with Crippen LogP contribution in [-0.4, -0.2) is 11.6 Å². The lowest BCUT2D eigenvalue weighted by molar-refractivity contribution is -0.124. The van der Waals surface area contributed by atoms with Crippen LogP contribution in [0.4, 0.5) is 0 Å². The van der Waals surface area contributed by atoms with Crippen molar-refractivity contribution >= 4 is 11.6 Å². The van der Waals surface area contributed by atoms with Crippen LogP contribution in [-0.2, 0) is 9.59 Å². The van der Waals surface area contributed by atoms with E-state index in [1.807, 2.05) is 13.8 Å². The van der Waals surface area contributed by atoms with E-state index in [9.17, 15) is 9.59 Å². The molecule has 0 radical (unpaired) electrons. The largest absolute Gasteiger partial charge is 0.300 e. The summed E-state index contributed by atoms with van der Waals surface area (Å²) in [5.41, 5.74) is 0. The van der Waals surface area contributed by atoms with E-state index in [0.717, 1.165) is 0 Å². The normalized spacial score (nSPS) is 5.54. The Balaban J connectivity index is -0.0000000600. The number of carbonyl (C=O) groups is 2. The van der Waals surface area contributed by atoms with Crippen LogP contribution in [0.1, 0.15) is 49.0 Å². The van der Waals surface area contributed by atoms with Crippen molar-refractivity contribution in [3.05, 3.63) is 0 Å². The van der Waals surface area contributed by atoms with Gasteiger partial charge in [0.25, 0.3) is 0 Å². The van der Waals surface area contributed by atoms with E-state index in [0.29, 0.717) is 0 Å². The molecule has 0 aliphatic carbocycles. The Morgan fingerprint density at radius 3 is 1.15 bits per heavy atom. The Morgan fingerprint density at radius 1 is 0.923 bits per heavy atom. The second kappa shape index (κ2) is 17.1. The van der Waals surface area contributed by atoms with Gasteiger partial charge in [-0.05, 0) is 27.7 Å². The number of rotatable bonds is 2. The predicted octanol–water partition coefficient (Wildman–Crippen LogP) is 2.86. The summed E-state index contributed by atoms with van der Waals surface area (Å²) < 4.78 is 0. The van der Waals surface area contributed by atoms with E-state index in [1.165, 1.54) is 13.8 Å². The van der Waals surface area contributed by atoms with Crippen molar-refractivity contribution in [3.63, 3.8) is 0 Å². The number of Topliss-reactive ketones (excluding diaryl/α,β-unsaturated/α-hetero) is 2. The molecule has 2 nitrogen and oxygen atoms in total. The van der Waals surface area contributed by atoms with Gasteiger partial charge in [-0.1, -0.05) is 14.9 Å². The second-order valence-electron chi connectivity index (χ2n) is 2.08. The van der Waals surface area contributed by atoms with E-state index in [1.54, 1.807) is 0 Å². The molecule has 13 heavy (non-hydrogen) atoms. The summed E-state index contributed by atoms with van der Waals surface area (Å²) >= 11 is 0. The van der Waals surface area contributed by atoms with Gasteiger partial charge in [-0.15, -0.1) is 11.8 Å². The molecule has 0 spiro atoms. The quantitative estimate of drug-likeness (QED) is 0.491. The Bertz CT molecular complexity index is 164. The molecule has 0 unspecified atom stereocenters. The van der Waals surface area contributed by atoms with Crippen LogP contribution in [0.15, 0.2) is 0 Å². The maximum atomic E-state index is 10.0. The smallest absolute Gasteiger partial charge is 0.137 e. The minimum Gasteiger partial charge on any atom is -0.300 e. The lowest BCUT2D eigenvalue weighted by atomic mass is 10.2. The molecule has 0 saturated heterocycles. The molecule has 0 aromatic carbocycles. The molecule has 78 valence electrons. The third-order valence-corrected chi connectivity index (χ3v) is 0.748. The first kappa shape index (κ1) is 22.7. The first-order valence-corrected chi connectivity index (χ1v) is 3.37. The zero-order chi connectivity index (χ0) is 9.28. The summed E-state index contributed by atoms with van der Waals surface area (Å²) in [6.45, 7) is 6.45. The summed E-state index contributed by atoms with van der Waals surface area (Å²) in [5.74, 6) is 5.24. The van der Waals surface area contributed by atoms with Crippen LogP contribution >= 0.6 is 0 Å². The molecule has 0 aliphatic heterocycles. The standard InChI is InChI=1S/C5H8O2.C4H6.2CH4/c1-4(6)3-5(2)7;1-3-4-2;;/h3H2,1-2H3;1-2H3;2*1H4. The molecule has 0 fully saturated rings. The van der Waals surface area contributed by atoms with Crippen molar-refractivity contribution < 1.29 is 9.59 Å². The highest BCUT2D eigenvalue weighted by Crippen LogP contribution is 1.80. The average molecular weight is 186 g/mol. The lowest BCUT2D eigenvalue weighted by Crippen LogP contribution is -1.97. The molecule has 0 rings (SSSR count). The third kappa shape index (κ3) is 56.8. The maximum absolute atomic E-state index is 10.0. The Kier molecular flexibility index (Phi) is 29.8. The molecule has 0 amide bonds. The first-order chi connectivity index (χ1) is 5.04. The molecule has 0 N–H and O–H groups in total. The van der Waals surface area contributed by atoms with Crippen molar-refractivity contribution in [3.8, 4) is 11.8 Å². The monoisotopic (exact) mass is 186 g/mol. The van der Waals surface area contributed by atoms with Gasteiger partial charge < -0.3 is 0 Å². The Morgan fingerprint density at radius 2 is 1.15 bits per heavy atom. The van der Waals surface area contributed by atoms with Crippen molar-refractivity contribution in [2.24, 2.45) is 0 Å². The van der Waals surface area contributed by atoms with Crippen LogP contribution in [0.2, 0.25) is 0 Å². The SMILES string of the molecule is C.C.CC#CC.CC(=O)CC(C)=O. The second-order valence-corrected chi connectivity index (χ2v) is 2.08. The van der Waals surface area contributed by atoms with E-state index in [-0.39, 0.29) is 32.8 Å². The zero-order valence-electron chi connectivity index (χ0n) is 7.52. The molecule has 0 aliphatic rings. The van der Waals surface area contributed by atoms with E-state index in [4.69, 9.17) is 0 Å². The van der Waals surface area contributed by atoms with Crippen molar-refractivity contribution in [1.82, 2.24) is 0 Å². The van der Waals surface area contributed by atoms with E-state index < -0.39 is 0 Å². The molecule has 0 bridgehead atoms. The van der Waals surface area contributed by atoms with Gasteiger partial charge in [0.1, 0.15) is 11.6 Å². The average Bonchev–Trinajstić information content (AvgIpc) is 1.85. The maximum Gasteiger partial charge on any atom is 0.137 e. The van der Waals surface area contributed by atoms with Gasteiger partial charge in [-0.2, -0.15) is 0 Å². The molecule has 0 heterocycles. The number of carbonyl (C=O) groups excluding carboxylic acids is 2. The fourth-order valence-electron chi connectivity index (χ4n) is 0.351. The first-order valence-electron chi connectivity index (χ1n) is 3.37. The minimum atomic E-state index is -0.0625. The molecular formula is C11H22O2. The van der Waals surface area contributed by atoms with Gasteiger partial charge in [-0.3, -0.25) is 9.59 Å². The van der Waals surface area contributed by atoms with Crippen LogP contribution in [0.5, 0.6) is 0 Å². The lowest BCUT2D eigenvalue weighted by Gasteiger charge is -1.81. The summed E-state index contributed by atoms with van der Waals surface area (Å²) in [5, 5.41) is 0. The van der Waals surface area contributed by atoms with Gasteiger partial charge >= 0.3 is 0 Å². The summed E-state index contributed by atoms with van der Waals surface area (Å²) in [6.07, 6.45) is 0.0833. The van der Waals surface area contributed by atoms with Gasteiger partial charge in [0.2, 0.25) is 0 Å². The molecule has 2 heteroatoms. The Labute approximate surface area is 82.7 Å². The topological polar surface area (TPSA) is 34.1 Å². The van der Waals surface area contributed by atoms with Gasteiger partial charge in [-0.25, -0.2) is 0 Å². The molecule has 0 saturated carbocycles. The van der Waals surface area contributed by atoms with Crippen molar-refractivity contribution in [1.29, 1.82) is 0 Å². The molecule has 0 aromatic rings. The Hall–Kier alpha value is -1.10. The fourth-order valence-corrected chi connectivity index (χ4v) is 0.351. The summed E-state index contributed by atoms with van der Waals surface area (Å²) in [6, 6.07) is 0. The highest BCUT2D eigenvalue weighted by Gasteiger charge is 1.94. The summed E-state index contributed by atoms with van der Waals surface area (Å²) in [7, 11) is 0. The van der Waals surface area contributed by atoms with Crippen LogP contribution < -0.4 is 0 Å². The summed E-state index contributed by atoms with van der Waals surface area (Å²) in [4.78, 5) is 20.1. The minimum absolute atomic E-state index is 0. The van der Waals surface area contributed by atoms with Gasteiger partial charge in [0.15, 0.2) is 0 Å². The molecule has 0 aromatic heterocycles. The van der Waals surface area contributed by atoms with Crippen molar-refractivity contribution in [2.45, 2.75) is 49.0 Å². The number of hydrogen-bond donors (Lipinski definition) is 0. The van der Waals surface area contributed by atoms with Gasteiger partial charge in [0.05, 0.1) is 6.42 Å². The van der Waals surface area contributed by atoms with Crippen LogP contribution in [0, 0.1) is 11.8 Å². The molecule has 0 atom stereocenters. The van der Waals surface area contributed by atoms with Crippen LogP contribution in [0.25, 0.3) is 0 Å². The highest BCUT2D eigenvalue weighted by molar-refractivity contribution is 5.96. The van der Waals surface area contributed by atoms with E-state index in [2.05, 4.69) is 11.8 Å².